The van der Waals surface area contributed by atoms with Crippen LogP contribution in [0.3, 0.4) is 0 Å². The highest BCUT2D eigenvalue weighted by molar-refractivity contribution is 6.31. The van der Waals surface area contributed by atoms with Crippen LogP contribution in [0.4, 0.5) is 9.18 Å². The molecule has 3 saturated carbocycles. The van der Waals surface area contributed by atoms with E-state index in [1.165, 1.54) is 6.07 Å². The van der Waals surface area contributed by atoms with Crippen molar-refractivity contribution in [2.45, 2.75) is 95.9 Å². The second-order valence-electron chi connectivity index (χ2n) is 15.5. The van der Waals surface area contributed by atoms with Crippen molar-refractivity contribution in [2.75, 3.05) is 19.7 Å². The van der Waals surface area contributed by atoms with Gasteiger partial charge in [0.25, 0.3) is 0 Å². The Morgan fingerprint density at radius 3 is 2.64 bits per heavy atom. The molecule has 9 atom stereocenters. The van der Waals surface area contributed by atoms with E-state index in [1.807, 2.05) is 4.90 Å². The average Bonchev–Trinajstić information content (AvgIpc) is 3.69. The first-order valence-electron chi connectivity index (χ1n) is 16.6. The van der Waals surface area contributed by atoms with Gasteiger partial charge in [-0.2, -0.15) is 0 Å². The molecular formula is C36H43ClFNO5. The molecular weight excluding hydrogens is 581 g/mol. The van der Waals surface area contributed by atoms with Crippen LogP contribution in [-0.2, 0) is 20.7 Å². The van der Waals surface area contributed by atoms with E-state index in [0.717, 1.165) is 63.5 Å². The quantitative estimate of drug-likeness (QED) is 0.364. The minimum Gasteiger partial charge on any atom is -0.440 e. The number of aliphatic hydroxyl groups is 1. The van der Waals surface area contributed by atoms with Gasteiger partial charge in [-0.05, 0) is 87.2 Å². The molecule has 1 amide bonds. The molecule has 0 unspecified atom stereocenters. The van der Waals surface area contributed by atoms with Gasteiger partial charge in [-0.1, -0.05) is 49.7 Å². The molecule has 236 valence electrons. The summed E-state index contributed by atoms with van der Waals surface area (Å²) in [5, 5.41) is 11.2. The zero-order valence-electron chi connectivity index (χ0n) is 25.7. The number of rotatable bonds is 5. The molecule has 1 aromatic rings. The summed E-state index contributed by atoms with van der Waals surface area (Å²) < 4.78 is 27.3. The molecule has 0 radical (unpaired) electrons. The summed E-state index contributed by atoms with van der Waals surface area (Å²) in [6.07, 6.45) is 13.7. The van der Waals surface area contributed by atoms with Crippen molar-refractivity contribution in [1.82, 2.24) is 4.90 Å². The van der Waals surface area contributed by atoms with E-state index in [0.29, 0.717) is 19.5 Å². The van der Waals surface area contributed by atoms with Crippen LogP contribution in [-0.4, -0.2) is 59.4 Å². The van der Waals surface area contributed by atoms with Gasteiger partial charge in [0.1, 0.15) is 11.4 Å². The Morgan fingerprint density at radius 2 is 1.86 bits per heavy atom. The highest BCUT2D eigenvalue weighted by Gasteiger charge is 2.76. The number of amides is 1. The fourth-order valence-corrected chi connectivity index (χ4v) is 11.8. The maximum Gasteiger partial charge on any atom is 0.410 e. The molecule has 9 rings (SSSR count). The molecule has 2 saturated heterocycles. The van der Waals surface area contributed by atoms with Crippen molar-refractivity contribution in [3.8, 4) is 0 Å². The average molecular weight is 624 g/mol. The number of halogens is 2. The van der Waals surface area contributed by atoms with Crippen LogP contribution in [0.25, 0.3) is 0 Å². The predicted octanol–water partition coefficient (Wildman–Crippen LogP) is 6.82. The third kappa shape index (κ3) is 3.66. The van der Waals surface area contributed by atoms with Gasteiger partial charge in [0.05, 0.1) is 25.3 Å². The van der Waals surface area contributed by atoms with Crippen LogP contribution in [0, 0.1) is 39.3 Å². The van der Waals surface area contributed by atoms with Gasteiger partial charge < -0.3 is 19.5 Å². The second kappa shape index (κ2) is 9.65. The van der Waals surface area contributed by atoms with E-state index >= 15 is 4.39 Å². The van der Waals surface area contributed by atoms with Crippen LogP contribution < -0.4 is 0 Å². The Labute approximate surface area is 264 Å². The molecule has 44 heavy (non-hydrogen) atoms. The van der Waals surface area contributed by atoms with Crippen LogP contribution in [0.15, 0.2) is 42.0 Å². The largest absolute Gasteiger partial charge is 0.440 e. The predicted molar refractivity (Wildman–Crippen MR) is 163 cm³/mol. The molecule has 0 aromatic heterocycles. The summed E-state index contributed by atoms with van der Waals surface area (Å²) in [4.78, 5) is 29.8. The molecule has 2 heterocycles. The van der Waals surface area contributed by atoms with Crippen LogP contribution >= 0.6 is 11.6 Å². The first-order valence-corrected chi connectivity index (χ1v) is 17.0. The molecule has 1 N–H and O–H groups in total. The SMILES string of the molecule is C[C@]12CC[C@H]3[C@]4(C=C[C@@]5(C=C4C(=O)Cc4c(F)cccc4Cl)C[C@@H](O)CC[C@]35C)[C@@H]1CC[C@@]21CN(C[C@H]2CCCO2)C(=O)O1. The molecule has 2 aliphatic heterocycles. The number of carbonyl (C=O) groups excluding carboxylic acids is 2. The van der Waals surface area contributed by atoms with E-state index in [4.69, 9.17) is 21.1 Å². The van der Waals surface area contributed by atoms with Gasteiger partial charge in [-0.3, -0.25) is 4.79 Å². The van der Waals surface area contributed by atoms with Gasteiger partial charge in [0.15, 0.2) is 5.78 Å². The van der Waals surface area contributed by atoms with Crippen LogP contribution in [0.1, 0.15) is 77.2 Å². The first kappa shape index (κ1) is 29.2. The number of hydrogen-bond acceptors (Lipinski definition) is 5. The summed E-state index contributed by atoms with van der Waals surface area (Å²) >= 11 is 6.44. The monoisotopic (exact) mass is 623 g/mol. The fraction of sp³-hybridized carbons (Fsp3) is 0.667. The molecule has 2 bridgehead atoms. The molecule has 5 fully saturated rings. The highest BCUT2D eigenvalue weighted by Crippen LogP contribution is 2.79. The number of ether oxygens (including phenoxy) is 2. The minimum absolute atomic E-state index is 0.0590. The van der Waals surface area contributed by atoms with Crippen molar-refractivity contribution < 1.29 is 28.6 Å². The number of aliphatic hydroxyl groups excluding tert-OH is 1. The molecule has 3 spiro atoms. The molecule has 8 heteroatoms. The lowest BCUT2D eigenvalue weighted by Crippen LogP contribution is -2.67. The summed E-state index contributed by atoms with van der Waals surface area (Å²) in [6, 6.07) is 4.56. The van der Waals surface area contributed by atoms with E-state index < -0.39 is 28.4 Å². The summed E-state index contributed by atoms with van der Waals surface area (Å²) in [6.45, 7) is 6.53. The van der Waals surface area contributed by atoms with Gasteiger partial charge in [0, 0.05) is 45.4 Å². The number of hydrogen-bond donors (Lipinski definition) is 1. The normalized spacial score (nSPS) is 45.2. The first-order chi connectivity index (χ1) is 21.0. The minimum atomic E-state index is -0.625. The maximum atomic E-state index is 15.0. The van der Waals surface area contributed by atoms with Gasteiger partial charge in [-0.15, -0.1) is 0 Å². The highest BCUT2D eigenvalue weighted by atomic mass is 35.5. The smallest absolute Gasteiger partial charge is 0.410 e. The van der Waals surface area contributed by atoms with Crippen molar-refractivity contribution in [3.63, 3.8) is 0 Å². The molecule has 6 aliphatic carbocycles. The maximum absolute atomic E-state index is 15.0. The summed E-state index contributed by atoms with van der Waals surface area (Å²) in [5.74, 6) is -0.290. The number of carbonyl (C=O) groups is 2. The standard InChI is InChI=1S/C36H43ClFNO5/c1-32-11-8-22(40)18-34(32)14-15-36(25(19-34)28(41)17-24-26(37)6-3-7-27(24)38)29(32)9-12-33(2)30(36)10-13-35(33)21-39(31(42)44-35)20-23-5-4-16-43-23/h3,6-7,14-15,19,22-23,29-30,40H,4-5,8-13,16-18,20-21H2,1-2H3/t22-,23+,29+,30+,32+,33-,34-,35+,36+/m0/s1. The third-order valence-electron chi connectivity index (χ3n) is 13.8. The zero-order chi connectivity index (χ0) is 30.7. The number of ketones is 1. The Balaban J connectivity index is 1.21. The van der Waals surface area contributed by atoms with Crippen LogP contribution in [0.2, 0.25) is 5.02 Å². The van der Waals surface area contributed by atoms with Crippen LogP contribution in [0.5, 0.6) is 0 Å². The van der Waals surface area contributed by atoms with E-state index in [9.17, 15) is 14.7 Å². The van der Waals surface area contributed by atoms with Crippen molar-refractivity contribution in [1.29, 1.82) is 0 Å². The van der Waals surface area contributed by atoms with E-state index in [1.54, 1.807) is 12.1 Å². The van der Waals surface area contributed by atoms with Gasteiger partial charge in [-0.25, -0.2) is 9.18 Å². The Morgan fingerprint density at radius 1 is 1.09 bits per heavy atom. The number of fused-ring (bicyclic) bond motifs is 2. The molecule has 8 aliphatic rings. The second-order valence-corrected chi connectivity index (χ2v) is 15.9. The van der Waals surface area contributed by atoms with Gasteiger partial charge in [0.2, 0.25) is 0 Å². The number of Topliss-reactive ketones (excluding diaryl/α,β-unsaturated/α-hetero) is 1. The lowest BCUT2D eigenvalue weighted by Gasteiger charge is -2.71. The van der Waals surface area contributed by atoms with Crippen molar-refractivity contribution >= 4 is 23.5 Å². The Hall–Kier alpha value is -2.22. The number of nitrogens with zero attached hydrogens (tertiary/aromatic N) is 1. The van der Waals surface area contributed by atoms with E-state index in [-0.39, 0.29) is 57.7 Å². The fourth-order valence-electron chi connectivity index (χ4n) is 11.6. The number of allylic oxidation sites excluding steroid dienone is 4. The molecule has 1 aromatic carbocycles. The zero-order valence-corrected chi connectivity index (χ0v) is 26.5. The lowest BCUT2D eigenvalue weighted by atomic mass is 9.32. The van der Waals surface area contributed by atoms with Gasteiger partial charge >= 0.3 is 6.09 Å². The van der Waals surface area contributed by atoms with E-state index in [2.05, 4.69) is 32.1 Å². The third-order valence-corrected chi connectivity index (χ3v) is 14.2. The Kier molecular flexibility index (Phi) is 6.40. The Bertz CT molecular complexity index is 1470. The van der Waals surface area contributed by atoms with Crippen molar-refractivity contribution in [2.24, 2.45) is 33.5 Å². The molecule has 6 nitrogen and oxygen atoms in total. The lowest BCUT2D eigenvalue weighted by molar-refractivity contribution is -0.168. The van der Waals surface area contributed by atoms with Crippen molar-refractivity contribution in [3.05, 3.63) is 58.4 Å². The summed E-state index contributed by atoms with van der Waals surface area (Å²) in [7, 11) is 0. The topological polar surface area (TPSA) is 76.1 Å². The summed E-state index contributed by atoms with van der Waals surface area (Å²) in [5.41, 5.74) is -1.08. The number of benzene rings is 1.